The molecule has 2 heterocycles. The number of ether oxygens (including phenoxy) is 4. The molecule has 0 radical (unpaired) electrons. The fourth-order valence-corrected chi connectivity index (χ4v) is 3.14. The summed E-state index contributed by atoms with van der Waals surface area (Å²) < 4.78 is 22.1. The molecule has 2 saturated heterocycles. The number of carbonyl (C=O) groups is 1. The zero-order valence-electron chi connectivity index (χ0n) is 14.1. The molecule has 136 valence electrons. The van der Waals surface area contributed by atoms with Crippen molar-refractivity contribution in [3.05, 3.63) is 47.0 Å². The Balaban J connectivity index is 1.73. The topological polar surface area (TPSA) is 74.2 Å². The molecule has 2 fully saturated rings. The lowest BCUT2D eigenvalue weighted by atomic mass is 9.99. The van der Waals surface area contributed by atoms with Crippen LogP contribution in [0.4, 0.5) is 0 Å². The van der Waals surface area contributed by atoms with Gasteiger partial charge in [0.2, 0.25) is 0 Å². The minimum Gasteiger partial charge on any atom is -0.387 e. The molecule has 0 aromatic heterocycles. The molecule has 0 aliphatic carbocycles. The summed E-state index contributed by atoms with van der Waals surface area (Å²) in [6.45, 7) is 7.67. The number of fused-ring (bicyclic) bond motifs is 1. The Labute approximate surface area is 151 Å². The minimum absolute atomic E-state index is 0.256. The lowest BCUT2D eigenvalue weighted by molar-refractivity contribution is -0.208. The molecule has 0 amide bonds. The fraction of sp³-hybridized carbons (Fsp3) is 0.500. The van der Waals surface area contributed by atoms with Gasteiger partial charge in [-0.15, -0.1) is 6.58 Å². The molecule has 7 heteroatoms. The van der Waals surface area contributed by atoms with Gasteiger partial charge in [-0.3, -0.25) is 4.79 Å². The first kappa shape index (κ1) is 18.5. The number of Topliss-reactive ketones (excluding diaryl/α,β-unsaturated/α-hetero) is 1. The van der Waals surface area contributed by atoms with Crippen LogP contribution in [0.15, 0.2) is 30.9 Å². The lowest BCUT2D eigenvalue weighted by Gasteiger charge is -2.22. The van der Waals surface area contributed by atoms with Crippen LogP contribution >= 0.6 is 11.6 Å². The molecule has 0 spiro atoms. The molecule has 2 aliphatic heterocycles. The third kappa shape index (κ3) is 3.79. The van der Waals surface area contributed by atoms with E-state index in [1.54, 1.807) is 38.1 Å². The van der Waals surface area contributed by atoms with E-state index < -0.39 is 30.4 Å². The van der Waals surface area contributed by atoms with Crippen molar-refractivity contribution in [1.82, 2.24) is 0 Å². The molecular weight excluding hydrogens is 348 g/mol. The van der Waals surface area contributed by atoms with E-state index in [9.17, 15) is 9.90 Å². The minimum atomic E-state index is -1.10. The number of hydrogen-bond acceptors (Lipinski definition) is 6. The molecule has 0 saturated carbocycles. The van der Waals surface area contributed by atoms with E-state index in [0.717, 1.165) is 0 Å². The number of halogens is 1. The SMILES string of the molecule is C=CCOCc1cc(C(=O)C2OC3OC(C)(C)O[C@H]3[C@@H]2O)ccc1Cl. The van der Waals surface area contributed by atoms with E-state index in [-0.39, 0.29) is 12.4 Å². The van der Waals surface area contributed by atoms with Gasteiger partial charge in [-0.1, -0.05) is 17.7 Å². The van der Waals surface area contributed by atoms with Gasteiger partial charge in [0, 0.05) is 10.6 Å². The van der Waals surface area contributed by atoms with Gasteiger partial charge in [-0.05, 0) is 37.6 Å². The van der Waals surface area contributed by atoms with Gasteiger partial charge in [0.25, 0.3) is 0 Å². The molecule has 1 N–H and O–H groups in total. The van der Waals surface area contributed by atoms with Crippen LogP contribution in [0.1, 0.15) is 29.8 Å². The predicted octanol–water partition coefficient (Wildman–Crippen LogP) is 2.46. The molecule has 2 unspecified atom stereocenters. The zero-order valence-corrected chi connectivity index (χ0v) is 14.9. The van der Waals surface area contributed by atoms with E-state index in [1.807, 2.05) is 0 Å². The number of aliphatic hydroxyl groups is 1. The third-order valence-electron chi connectivity index (χ3n) is 4.10. The summed E-state index contributed by atoms with van der Waals surface area (Å²) in [6.07, 6.45) is -1.97. The van der Waals surface area contributed by atoms with Crippen molar-refractivity contribution in [2.45, 2.75) is 50.8 Å². The lowest BCUT2D eigenvalue weighted by Crippen LogP contribution is -2.38. The Morgan fingerprint density at radius 1 is 1.44 bits per heavy atom. The molecule has 6 nitrogen and oxygen atoms in total. The van der Waals surface area contributed by atoms with E-state index in [1.165, 1.54) is 0 Å². The van der Waals surface area contributed by atoms with Crippen LogP contribution in [0.5, 0.6) is 0 Å². The maximum Gasteiger partial charge on any atom is 0.194 e. The van der Waals surface area contributed by atoms with Gasteiger partial charge in [0.15, 0.2) is 24.0 Å². The van der Waals surface area contributed by atoms with Crippen LogP contribution in [0, 0.1) is 0 Å². The smallest absolute Gasteiger partial charge is 0.194 e. The number of ketones is 1. The number of carbonyl (C=O) groups excluding carboxylic acids is 1. The fourth-order valence-electron chi connectivity index (χ4n) is 2.96. The maximum absolute atomic E-state index is 12.7. The average Bonchev–Trinajstić information content (AvgIpc) is 3.02. The highest BCUT2D eigenvalue weighted by Gasteiger charge is 2.56. The van der Waals surface area contributed by atoms with Crippen LogP contribution in [0.2, 0.25) is 5.02 Å². The number of rotatable bonds is 6. The normalized spacial score (nSPS) is 30.2. The second-order valence-electron chi connectivity index (χ2n) is 6.49. The van der Waals surface area contributed by atoms with Gasteiger partial charge in [0.1, 0.15) is 12.2 Å². The van der Waals surface area contributed by atoms with Crippen LogP contribution in [-0.4, -0.2) is 47.9 Å². The molecule has 25 heavy (non-hydrogen) atoms. The van der Waals surface area contributed by atoms with Gasteiger partial charge in [0.05, 0.1) is 13.2 Å². The summed E-state index contributed by atoms with van der Waals surface area (Å²) in [6, 6.07) is 4.86. The van der Waals surface area contributed by atoms with Crippen molar-refractivity contribution in [3.63, 3.8) is 0 Å². The summed E-state index contributed by atoms with van der Waals surface area (Å²) in [7, 11) is 0. The Morgan fingerprint density at radius 3 is 2.88 bits per heavy atom. The highest BCUT2D eigenvalue weighted by Crippen LogP contribution is 2.38. The quantitative estimate of drug-likeness (QED) is 0.472. The number of benzene rings is 1. The maximum atomic E-state index is 12.7. The summed E-state index contributed by atoms with van der Waals surface area (Å²) in [4.78, 5) is 12.7. The summed E-state index contributed by atoms with van der Waals surface area (Å²) >= 11 is 6.14. The predicted molar refractivity (Wildman–Crippen MR) is 90.3 cm³/mol. The van der Waals surface area contributed by atoms with E-state index in [2.05, 4.69) is 6.58 Å². The van der Waals surface area contributed by atoms with Gasteiger partial charge < -0.3 is 24.1 Å². The third-order valence-corrected chi connectivity index (χ3v) is 4.47. The van der Waals surface area contributed by atoms with E-state index >= 15 is 0 Å². The van der Waals surface area contributed by atoms with E-state index in [0.29, 0.717) is 22.8 Å². The van der Waals surface area contributed by atoms with Gasteiger partial charge in [-0.25, -0.2) is 0 Å². The molecular formula is C18H21ClO6. The van der Waals surface area contributed by atoms with Gasteiger partial charge >= 0.3 is 0 Å². The highest BCUT2D eigenvalue weighted by atomic mass is 35.5. The Bertz CT molecular complexity index is 674. The molecule has 1 aromatic carbocycles. The van der Waals surface area contributed by atoms with Crippen molar-refractivity contribution >= 4 is 17.4 Å². The van der Waals surface area contributed by atoms with Crippen molar-refractivity contribution in [3.8, 4) is 0 Å². The van der Waals surface area contributed by atoms with Crippen molar-refractivity contribution in [2.75, 3.05) is 6.61 Å². The summed E-state index contributed by atoms with van der Waals surface area (Å²) in [5, 5.41) is 10.9. The first-order chi connectivity index (χ1) is 11.8. The van der Waals surface area contributed by atoms with Crippen LogP contribution in [0.3, 0.4) is 0 Å². The molecule has 0 bridgehead atoms. The van der Waals surface area contributed by atoms with Crippen LogP contribution in [0.25, 0.3) is 0 Å². The Hall–Kier alpha value is -1.28. The molecule has 3 rings (SSSR count). The van der Waals surface area contributed by atoms with Crippen LogP contribution < -0.4 is 0 Å². The van der Waals surface area contributed by atoms with Crippen LogP contribution in [-0.2, 0) is 25.6 Å². The highest BCUT2D eigenvalue weighted by molar-refractivity contribution is 6.31. The first-order valence-corrected chi connectivity index (χ1v) is 8.40. The second-order valence-corrected chi connectivity index (χ2v) is 6.90. The number of hydrogen-bond donors (Lipinski definition) is 1. The summed E-state index contributed by atoms with van der Waals surface area (Å²) in [5.74, 6) is -1.20. The van der Waals surface area contributed by atoms with Crippen molar-refractivity contribution in [2.24, 2.45) is 0 Å². The average molecular weight is 369 g/mol. The molecule has 2 aliphatic rings. The summed E-state index contributed by atoms with van der Waals surface area (Å²) in [5.41, 5.74) is 1.06. The second kappa shape index (κ2) is 7.15. The largest absolute Gasteiger partial charge is 0.387 e. The standard InChI is InChI=1S/C18H21ClO6/c1-4-7-22-9-11-8-10(5-6-12(11)19)13(20)15-14(21)16-17(23-15)25-18(2,3)24-16/h4-6,8,14-17,21H,1,7,9H2,2-3H3/t14-,15?,16+,17?/m1/s1. The monoisotopic (exact) mass is 368 g/mol. The number of aliphatic hydroxyl groups excluding tert-OH is 1. The first-order valence-electron chi connectivity index (χ1n) is 8.03. The van der Waals surface area contributed by atoms with E-state index in [4.69, 9.17) is 30.5 Å². The zero-order chi connectivity index (χ0) is 18.2. The Morgan fingerprint density at radius 2 is 2.20 bits per heavy atom. The van der Waals surface area contributed by atoms with Gasteiger partial charge in [-0.2, -0.15) is 0 Å². The van der Waals surface area contributed by atoms with Crippen molar-refractivity contribution < 1.29 is 28.8 Å². The van der Waals surface area contributed by atoms with Crippen molar-refractivity contribution in [1.29, 1.82) is 0 Å². The molecule has 4 atom stereocenters. The Kier molecular flexibility index (Phi) is 5.29. The molecule has 1 aromatic rings.